The number of hydrogen-bond donors (Lipinski definition) is 0. The molecule has 3 aromatic carbocycles. The van der Waals surface area contributed by atoms with Crippen molar-refractivity contribution in [1.82, 2.24) is 23.5 Å². The Balaban J connectivity index is 1.38. The largest absolute Gasteiger partial charge is 0.274 e. The SMILES string of the molecule is CC1CCCN(S(=O)(=O)c2cccc(-c3nn(-c4ccccc4)cc3/C=c3\sc4nc5ccccc5n4c3=O)c2)C1. The predicted molar refractivity (Wildman–Crippen MR) is 162 cm³/mol. The topological polar surface area (TPSA) is 89.6 Å². The average molecular weight is 582 g/mol. The molecule has 7 rings (SSSR count). The van der Waals surface area contributed by atoms with Crippen LogP contribution >= 0.6 is 11.3 Å². The average Bonchev–Trinajstić information content (AvgIpc) is 3.66. The van der Waals surface area contributed by atoms with Crippen molar-refractivity contribution in [3.8, 4) is 16.9 Å². The number of piperidine rings is 1. The maximum absolute atomic E-state index is 13.6. The van der Waals surface area contributed by atoms with Crippen molar-refractivity contribution >= 4 is 43.4 Å². The molecule has 0 N–H and O–H groups in total. The second kappa shape index (κ2) is 10.1. The summed E-state index contributed by atoms with van der Waals surface area (Å²) in [6.07, 6.45) is 5.59. The van der Waals surface area contributed by atoms with Gasteiger partial charge in [0.15, 0.2) is 4.96 Å². The lowest BCUT2D eigenvalue weighted by molar-refractivity contribution is 0.281. The predicted octanol–water partition coefficient (Wildman–Crippen LogP) is 4.73. The number of nitrogens with zero attached hydrogens (tertiary/aromatic N) is 5. The number of benzene rings is 3. The van der Waals surface area contributed by atoms with Crippen LogP contribution in [0.4, 0.5) is 0 Å². The zero-order chi connectivity index (χ0) is 28.1. The first kappa shape index (κ1) is 25.8. The maximum atomic E-state index is 13.6. The van der Waals surface area contributed by atoms with Crippen LogP contribution in [0.3, 0.4) is 0 Å². The van der Waals surface area contributed by atoms with E-state index in [1.807, 2.05) is 72.9 Å². The zero-order valence-corrected chi connectivity index (χ0v) is 24.0. The van der Waals surface area contributed by atoms with E-state index < -0.39 is 10.0 Å². The molecular formula is C31H27N5O3S2. The van der Waals surface area contributed by atoms with Gasteiger partial charge in [-0.1, -0.05) is 60.7 Å². The molecule has 0 radical (unpaired) electrons. The number of imidazole rings is 1. The van der Waals surface area contributed by atoms with Gasteiger partial charge in [0.05, 0.1) is 26.1 Å². The van der Waals surface area contributed by atoms with Crippen LogP contribution < -0.4 is 10.1 Å². The van der Waals surface area contributed by atoms with E-state index in [-0.39, 0.29) is 10.5 Å². The van der Waals surface area contributed by atoms with Crippen molar-refractivity contribution in [2.75, 3.05) is 13.1 Å². The van der Waals surface area contributed by atoms with Crippen LogP contribution in [0, 0.1) is 5.92 Å². The van der Waals surface area contributed by atoms with Crippen LogP contribution in [0.25, 0.3) is 39.0 Å². The third kappa shape index (κ3) is 4.57. The van der Waals surface area contributed by atoms with Crippen LogP contribution in [0.5, 0.6) is 0 Å². The van der Waals surface area contributed by atoms with Crippen molar-refractivity contribution in [2.24, 2.45) is 5.92 Å². The van der Waals surface area contributed by atoms with Gasteiger partial charge in [0.1, 0.15) is 5.69 Å². The molecule has 1 aliphatic rings. The second-order valence-corrected chi connectivity index (χ2v) is 13.4. The lowest BCUT2D eigenvalue weighted by atomic mass is 10.0. The third-order valence-electron chi connectivity index (χ3n) is 7.56. The first-order valence-electron chi connectivity index (χ1n) is 13.6. The lowest BCUT2D eigenvalue weighted by Gasteiger charge is -2.30. The minimum atomic E-state index is -3.65. The molecule has 0 amide bonds. The van der Waals surface area contributed by atoms with Gasteiger partial charge < -0.3 is 0 Å². The van der Waals surface area contributed by atoms with Crippen LogP contribution in [-0.2, 0) is 10.0 Å². The van der Waals surface area contributed by atoms with Gasteiger partial charge in [0, 0.05) is 30.4 Å². The molecule has 3 aromatic heterocycles. The van der Waals surface area contributed by atoms with Gasteiger partial charge in [-0.05, 0) is 61.2 Å². The minimum absolute atomic E-state index is 0.146. The molecule has 0 aliphatic carbocycles. The molecule has 1 atom stereocenters. The van der Waals surface area contributed by atoms with Gasteiger partial charge in [-0.15, -0.1) is 0 Å². The molecule has 1 saturated heterocycles. The van der Waals surface area contributed by atoms with Gasteiger partial charge >= 0.3 is 0 Å². The quantitative estimate of drug-likeness (QED) is 0.294. The summed E-state index contributed by atoms with van der Waals surface area (Å²) >= 11 is 1.32. The number of rotatable bonds is 5. The first-order chi connectivity index (χ1) is 19.9. The number of thiazole rings is 1. The van der Waals surface area contributed by atoms with Crippen LogP contribution in [0.2, 0.25) is 0 Å². The molecule has 0 saturated carbocycles. The summed E-state index contributed by atoms with van der Waals surface area (Å²) in [7, 11) is -3.65. The molecule has 1 aliphatic heterocycles. The van der Waals surface area contributed by atoms with E-state index >= 15 is 0 Å². The number of para-hydroxylation sites is 3. The Kier molecular flexibility index (Phi) is 6.33. The molecule has 6 aromatic rings. The summed E-state index contributed by atoms with van der Waals surface area (Å²) in [6, 6.07) is 24.2. The summed E-state index contributed by atoms with van der Waals surface area (Å²) in [5, 5.41) is 4.87. The van der Waals surface area contributed by atoms with Gasteiger partial charge in [0.25, 0.3) is 5.56 Å². The molecule has 10 heteroatoms. The van der Waals surface area contributed by atoms with Gasteiger partial charge in [-0.2, -0.15) is 9.40 Å². The molecule has 4 heterocycles. The van der Waals surface area contributed by atoms with Crippen molar-refractivity contribution in [2.45, 2.75) is 24.7 Å². The van der Waals surface area contributed by atoms with Crippen LogP contribution in [0.15, 0.2) is 94.7 Å². The van der Waals surface area contributed by atoms with E-state index in [9.17, 15) is 13.2 Å². The number of fused-ring (bicyclic) bond motifs is 3. The molecule has 206 valence electrons. The molecule has 0 bridgehead atoms. The highest BCUT2D eigenvalue weighted by molar-refractivity contribution is 7.89. The fourth-order valence-electron chi connectivity index (χ4n) is 5.50. The monoisotopic (exact) mass is 581 g/mol. The Morgan fingerprint density at radius 2 is 1.80 bits per heavy atom. The normalized spacial score (nSPS) is 17.1. The fraction of sp³-hybridized carbons (Fsp3) is 0.194. The van der Waals surface area contributed by atoms with Crippen molar-refractivity contribution in [3.63, 3.8) is 0 Å². The lowest BCUT2D eigenvalue weighted by Crippen LogP contribution is -2.39. The van der Waals surface area contributed by atoms with E-state index in [2.05, 4.69) is 11.9 Å². The Morgan fingerprint density at radius 1 is 1.00 bits per heavy atom. The zero-order valence-electron chi connectivity index (χ0n) is 22.3. The summed E-state index contributed by atoms with van der Waals surface area (Å²) in [4.78, 5) is 19.0. The number of sulfonamides is 1. The maximum Gasteiger partial charge on any atom is 0.274 e. The van der Waals surface area contributed by atoms with Gasteiger partial charge in [0.2, 0.25) is 10.0 Å². The van der Waals surface area contributed by atoms with E-state index in [1.165, 1.54) is 11.3 Å². The Labute approximate surface area is 240 Å². The Hall–Kier alpha value is -4.12. The van der Waals surface area contributed by atoms with Crippen LogP contribution in [-0.4, -0.2) is 45.0 Å². The Morgan fingerprint density at radius 3 is 2.63 bits per heavy atom. The standard InChI is InChI=1S/C31H27N5O3S2/c1-21-9-8-16-34(19-21)41(38,39)25-13-7-10-22(17-25)29-23(20-35(33-29)24-11-3-2-4-12-24)18-28-30(37)36-27-15-6-5-14-26(27)32-31(36)40-28/h2-7,10-15,17-18,20-21H,8-9,16,19H2,1H3/b28-18-. The highest BCUT2D eigenvalue weighted by atomic mass is 32.2. The summed E-state index contributed by atoms with van der Waals surface area (Å²) in [5.41, 5.74) is 4.22. The van der Waals surface area contributed by atoms with Gasteiger partial charge in [-0.3, -0.25) is 4.79 Å². The number of hydrogen-bond acceptors (Lipinski definition) is 6. The van der Waals surface area contributed by atoms with Crippen molar-refractivity contribution in [3.05, 3.63) is 106 Å². The Bertz CT molecular complexity index is 2130. The molecule has 8 nitrogen and oxygen atoms in total. The fourth-order valence-corrected chi connectivity index (χ4v) is 8.12. The number of aromatic nitrogens is 4. The smallest absolute Gasteiger partial charge is 0.267 e. The molecule has 1 fully saturated rings. The van der Waals surface area contributed by atoms with Gasteiger partial charge in [-0.25, -0.2) is 22.5 Å². The molecule has 0 spiro atoms. The highest BCUT2D eigenvalue weighted by Crippen LogP contribution is 2.29. The molecule has 1 unspecified atom stereocenters. The summed E-state index contributed by atoms with van der Waals surface area (Å²) < 4.78 is 32.7. The molecular weight excluding hydrogens is 555 g/mol. The highest BCUT2D eigenvalue weighted by Gasteiger charge is 2.29. The van der Waals surface area contributed by atoms with Crippen molar-refractivity contribution in [1.29, 1.82) is 0 Å². The third-order valence-corrected chi connectivity index (χ3v) is 10.4. The summed E-state index contributed by atoms with van der Waals surface area (Å²) in [5.74, 6) is 0.328. The van der Waals surface area contributed by atoms with Crippen molar-refractivity contribution < 1.29 is 8.42 Å². The van der Waals surface area contributed by atoms with E-state index in [1.54, 1.807) is 31.6 Å². The first-order valence-corrected chi connectivity index (χ1v) is 15.8. The van der Waals surface area contributed by atoms with E-state index in [0.29, 0.717) is 45.3 Å². The van der Waals surface area contributed by atoms with Crippen LogP contribution in [0.1, 0.15) is 25.3 Å². The second-order valence-electron chi connectivity index (χ2n) is 10.5. The summed E-state index contributed by atoms with van der Waals surface area (Å²) in [6.45, 7) is 3.14. The minimum Gasteiger partial charge on any atom is -0.267 e. The van der Waals surface area contributed by atoms with E-state index in [4.69, 9.17) is 5.10 Å². The molecule has 41 heavy (non-hydrogen) atoms. The van der Waals surface area contributed by atoms with E-state index in [0.717, 1.165) is 29.6 Å².